The summed E-state index contributed by atoms with van der Waals surface area (Å²) in [5.74, 6) is 0.382. The molecule has 0 saturated heterocycles. The first-order valence-electron chi connectivity index (χ1n) is 7.43. The molecule has 0 spiro atoms. The normalized spacial score (nSPS) is 12.1. The molecule has 0 N–H and O–H groups in total. The van der Waals surface area contributed by atoms with E-state index in [1.165, 1.54) is 0 Å². The lowest BCUT2D eigenvalue weighted by Crippen LogP contribution is -2.22. The summed E-state index contributed by atoms with van der Waals surface area (Å²) >= 11 is -2.60. The minimum atomic E-state index is -2.60. The summed E-state index contributed by atoms with van der Waals surface area (Å²) in [6.45, 7) is 1.99. The van der Waals surface area contributed by atoms with Crippen molar-refractivity contribution in [2.45, 2.75) is 6.92 Å². The van der Waals surface area contributed by atoms with Crippen molar-refractivity contribution in [3.8, 4) is 5.75 Å². The maximum Gasteiger partial charge on any atom is 0.147 e. The van der Waals surface area contributed by atoms with Crippen LogP contribution >= 0.6 is 7.92 Å². The van der Waals surface area contributed by atoms with Crippen molar-refractivity contribution in [1.29, 1.82) is 0 Å². The molecule has 122 valence electrons. The van der Waals surface area contributed by atoms with Gasteiger partial charge in [-0.15, -0.1) is 0 Å². The molecule has 3 aromatic carbocycles. The van der Waals surface area contributed by atoms with Crippen molar-refractivity contribution in [3.63, 3.8) is 0 Å². The summed E-state index contributed by atoms with van der Waals surface area (Å²) in [4.78, 5) is 0. The summed E-state index contributed by atoms with van der Waals surface area (Å²) in [6.07, 6.45) is 0. The lowest BCUT2D eigenvalue weighted by molar-refractivity contribution is 0.441. The molecular formula is C19H16O3PS-. The molecule has 0 aliphatic rings. The molecule has 24 heavy (non-hydrogen) atoms. The molecule has 0 heterocycles. The second-order valence-electron chi connectivity index (χ2n) is 5.27. The zero-order chi connectivity index (χ0) is 16.9. The van der Waals surface area contributed by atoms with E-state index in [1.807, 2.05) is 55.5 Å². The van der Waals surface area contributed by atoms with Crippen LogP contribution < -0.4 is 20.1 Å². The number of aryl methyl sites for hydroxylation is 1. The lowest BCUT2D eigenvalue weighted by atomic mass is 10.2. The molecule has 0 bridgehead atoms. The van der Waals surface area contributed by atoms with Gasteiger partial charge >= 0.3 is 0 Å². The Bertz CT molecular complexity index is 798. The van der Waals surface area contributed by atoms with Crippen molar-refractivity contribution in [2.75, 3.05) is 0 Å². The Balaban J connectivity index is 2.20. The van der Waals surface area contributed by atoms with Gasteiger partial charge < -0.3 is 8.74 Å². The van der Waals surface area contributed by atoms with Gasteiger partial charge in [-0.1, -0.05) is 72.3 Å². The van der Waals surface area contributed by atoms with E-state index in [2.05, 4.69) is 24.3 Å². The van der Waals surface area contributed by atoms with Crippen LogP contribution in [0.4, 0.5) is 0 Å². The van der Waals surface area contributed by atoms with Gasteiger partial charge in [0.2, 0.25) is 0 Å². The molecule has 0 fully saturated rings. The molecular weight excluding hydrogens is 339 g/mol. The van der Waals surface area contributed by atoms with Gasteiger partial charge in [-0.05, 0) is 37.6 Å². The third kappa shape index (κ3) is 3.90. The molecule has 0 aromatic heterocycles. The zero-order valence-electron chi connectivity index (χ0n) is 13.1. The fraction of sp³-hybridized carbons (Fsp3) is 0.0526. The fourth-order valence-electron chi connectivity index (χ4n) is 2.53. The fourth-order valence-corrected chi connectivity index (χ4v) is 5.35. The van der Waals surface area contributed by atoms with E-state index in [0.717, 1.165) is 21.5 Å². The van der Waals surface area contributed by atoms with E-state index in [1.54, 1.807) is 6.07 Å². The molecule has 0 aliphatic carbocycles. The number of hydrogen-bond donors (Lipinski definition) is 0. The highest BCUT2D eigenvalue weighted by atomic mass is 32.2. The van der Waals surface area contributed by atoms with Crippen molar-refractivity contribution in [2.24, 2.45) is 0 Å². The smallest absolute Gasteiger partial charge is 0.147 e. The van der Waals surface area contributed by atoms with Gasteiger partial charge in [0.05, 0.1) is 0 Å². The van der Waals surface area contributed by atoms with Crippen LogP contribution in [-0.2, 0) is 11.4 Å². The van der Waals surface area contributed by atoms with Crippen LogP contribution in [-0.4, -0.2) is 8.76 Å². The molecule has 1 atom stereocenters. The molecule has 0 aliphatic heterocycles. The van der Waals surface area contributed by atoms with Crippen molar-refractivity contribution < 1.29 is 12.9 Å². The Morgan fingerprint density at radius 3 is 1.92 bits per heavy atom. The molecule has 1 unspecified atom stereocenters. The monoisotopic (exact) mass is 355 g/mol. The SMILES string of the molecule is Cc1ccc(OS(=O)[O-])c(P(c2ccccc2)c2ccccc2)c1. The van der Waals surface area contributed by atoms with Gasteiger partial charge in [0.25, 0.3) is 0 Å². The summed E-state index contributed by atoms with van der Waals surface area (Å²) in [5.41, 5.74) is 1.06. The van der Waals surface area contributed by atoms with Gasteiger partial charge in [0, 0.05) is 5.30 Å². The van der Waals surface area contributed by atoms with Crippen molar-refractivity contribution >= 4 is 35.2 Å². The Morgan fingerprint density at radius 1 is 0.875 bits per heavy atom. The predicted molar refractivity (Wildman–Crippen MR) is 99.4 cm³/mol. The van der Waals surface area contributed by atoms with Crippen LogP contribution in [0.1, 0.15) is 5.56 Å². The average Bonchev–Trinajstić information content (AvgIpc) is 2.59. The molecule has 5 heteroatoms. The summed E-state index contributed by atoms with van der Waals surface area (Å²) < 4.78 is 27.2. The van der Waals surface area contributed by atoms with Crippen LogP contribution in [0.15, 0.2) is 78.9 Å². The van der Waals surface area contributed by atoms with Crippen LogP contribution in [0.2, 0.25) is 0 Å². The average molecular weight is 355 g/mol. The number of benzene rings is 3. The molecule has 0 amide bonds. The summed E-state index contributed by atoms with van der Waals surface area (Å²) in [5, 5.41) is 3.18. The maximum atomic E-state index is 11.1. The Labute approximate surface area is 145 Å². The topological polar surface area (TPSA) is 49.4 Å². The highest BCUT2D eigenvalue weighted by Gasteiger charge is 2.20. The minimum absolute atomic E-state index is 0.382. The van der Waals surface area contributed by atoms with E-state index in [-0.39, 0.29) is 0 Å². The van der Waals surface area contributed by atoms with Gasteiger partial charge in [-0.3, -0.25) is 0 Å². The van der Waals surface area contributed by atoms with Gasteiger partial charge in [-0.25, -0.2) is 4.21 Å². The van der Waals surface area contributed by atoms with Gasteiger partial charge in [0.1, 0.15) is 17.1 Å². The third-order valence-corrected chi connectivity index (χ3v) is 6.32. The standard InChI is InChI=1S/C19H17O3PS/c1-15-12-13-18(22-24(20)21)19(14-15)23(16-8-4-2-5-9-16)17-10-6-3-7-11-17/h2-14H,1H3,(H,20,21)/p-1. The summed E-state index contributed by atoms with van der Waals surface area (Å²) in [7, 11) is -0.912. The van der Waals surface area contributed by atoms with Crippen LogP contribution in [0.3, 0.4) is 0 Å². The largest absolute Gasteiger partial charge is 0.740 e. The van der Waals surface area contributed by atoms with Gasteiger partial charge in [-0.2, -0.15) is 0 Å². The third-order valence-electron chi connectivity index (χ3n) is 3.54. The molecule has 3 nitrogen and oxygen atoms in total. The Kier molecular flexibility index (Phi) is 5.41. The van der Waals surface area contributed by atoms with E-state index < -0.39 is 19.3 Å². The second-order valence-corrected chi connectivity index (χ2v) is 8.03. The maximum absolute atomic E-state index is 11.1. The second kappa shape index (κ2) is 7.71. The minimum Gasteiger partial charge on any atom is -0.740 e. The molecule has 3 aromatic rings. The zero-order valence-corrected chi connectivity index (χ0v) is 14.8. The number of rotatable bonds is 5. The predicted octanol–water partition coefficient (Wildman–Crippen LogP) is 2.93. The van der Waals surface area contributed by atoms with E-state index in [4.69, 9.17) is 4.18 Å². The van der Waals surface area contributed by atoms with Crippen LogP contribution in [0.25, 0.3) is 0 Å². The Morgan fingerprint density at radius 2 is 1.42 bits per heavy atom. The lowest BCUT2D eigenvalue weighted by Gasteiger charge is -2.22. The Hall–Kier alpha value is -2.00. The van der Waals surface area contributed by atoms with Gasteiger partial charge in [0.15, 0.2) is 0 Å². The van der Waals surface area contributed by atoms with E-state index in [0.29, 0.717) is 5.75 Å². The van der Waals surface area contributed by atoms with Crippen LogP contribution in [0, 0.1) is 6.92 Å². The molecule has 0 radical (unpaired) electrons. The van der Waals surface area contributed by atoms with E-state index in [9.17, 15) is 8.76 Å². The van der Waals surface area contributed by atoms with E-state index >= 15 is 0 Å². The summed E-state index contributed by atoms with van der Waals surface area (Å²) in [6, 6.07) is 25.8. The van der Waals surface area contributed by atoms with Crippen molar-refractivity contribution in [3.05, 3.63) is 84.4 Å². The number of hydrogen-bond acceptors (Lipinski definition) is 3. The highest BCUT2D eigenvalue weighted by molar-refractivity contribution is 7.80. The molecule has 0 saturated carbocycles. The van der Waals surface area contributed by atoms with Crippen molar-refractivity contribution in [1.82, 2.24) is 0 Å². The first kappa shape index (κ1) is 16.8. The quantitative estimate of drug-likeness (QED) is 0.522. The first-order valence-corrected chi connectivity index (χ1v) is 9.78. The first-order chi connectivity index (χ1) is 11.6. The highest BCUT2D eigenvalue weighted by Crippen LogP contribution is 2.36. The molecule has 3 rings (SSSR count). The van der Waals surface area contributed by atoms with Crippen LogP contribution in [0.5, 0.6) is 5.75 Å².